The van der Waals surface area contributed by atoms with Crippen LogP contribution >= 0.6 is 24.0 Å². The monoisotopic (exact) mass is 488 g/mol. The van der Waals surface area contributed by atoms with Crippen molar-refractivity contribution in [3.05, 3.63) is 23.8 Å². The van der Waals surface area contributed by atoms with E-state index < -0.39 is 0 Å². The third kappa shape index (κ3) is 5.63. The minimum absolute atomic E-state index is 0. The number of aliphatic imine (C=N–C) groups is 1. The molecule has 1 aromatic carbocycles. The lowest BCUT2D eigenvalue weighted by Gasteiger charge is -2.47. The molecule has 6 nitrogen and oxygen atoms in total. The molecule has 2 atom stereocenters. The molecule has 152 valence electrons. The molecule has 2 aliphatic heterocycles. The van der Waals surface area contributed by atoms with Gasteiger partial charge in [0.25, 0.3) is 0 Å². The number of methoxy groups -OCH3 is 1. The highest BCUT2D eigenvalue weighted by Crippen LogP contribution is 2.32. The Morgan fingerprint density at radius 2 is 2.00 bits per heavy atom. The lowest BCUT2D eigenvalue weighted by molar-refractivity contribution is 0.0526. The molecule has 2 saturated heterocycles. The Morgan fingerprint density at radius 3 is 2.63 bits per heavy atom. The van der Waals surface area contributed by atoms with Gasteiger partial charge in [-0.15, -0.1) is 24.0 Å². The number of nitrogens with zero attached hydrogens (tertiary/aromatic N) is 2. The van der Waals surface area contributed by atoms with E-state index in [4.69, 9.17) is 9.73 Å². The standard InChI is InChI=1S/C20H32N4O2.HI/c1-4-21-20(22-13-14-10-18(26-3)8-9-19(14)25)23-15-11-16-6-5-7-17(12-15)24(16)2;/h8-10,15-17,25H,4-7,11-13H2,1-3H3,(H2,21,22,23);1H. The summed E-state index contributed by atoms with van der Waals surface area (Å²) in [6, 6.07) is 7.07. The maximum atomic E-state index is 10.1. The van der Waals surface area contributed by atoms with E-state index in [1.54, 1.807) is 19.2 Å². The number of hydrogen-bond acceptors (Lipinski definition) is 4. The van der Waals surface area contributed by atoms with Crippen LogP contribution in [0, 0.1) is 0 Å². The number of guanidine groups is 1. The van der Waals surface area contributed by atoms with Crippen molar-refractivity contribution in [2.24, 2.45) is 4.99 Å². The summed E-state index contributed by atoms with van der Waals surface area (Å²) < 4.78 is 5.24. The number of piperidine rings is 2. The van der Waals surface area contributed by atoms with Crippen LogP contribution in [0.15, 0.2) is 23.2 Å². The van der Waals surface area contributed by atoms with Crippen LogP contribution in [0.2, 0.25) is 0 Å². The quantitative estimate of drug-likeness (QED) is 0.338. The second-order valence-corrected chi connectivity index (χ2v) is 7.41. The molecule has 27 heavy (non-hydrogen) atoms. The fraction of sp³-hybridized carbons (Fsp3) is 0.650. The van der Waals surface area contributed by atoms with Gasteiger partial charge in [0, 0.05) is 30.2 Å². The van der Waals surface area contributed by atoms with Gasteiger partial charge in [0.2, 0.25) is 0 Å². The van der Waals surface area contributed by atoms with Crippen molar-refractivity contribution in [3.63, 3.8) is 0 Å². The second kappa shape index (κ2) is 10.4. The number of halogens is 1. The molecule has 7 heteroatoms. The van der Waals surface area contributed by atoms with Gasteiger partial charge in [-0.05, 0) is 57.9 Å². The zero-order valence-electron chi connectivity index (χ0n) is 16.6. The van der Waals surface area contributed by atoms with Crippen LogP contribution in [0.1, 0.15) is 44.6 Å². The molecule has 0 saturated carbocycles. The van der Waals surface area contributed by atoms with Gasteiger partial charge < -0.3 is 25.4 Å². The number of fused-ring (bicyclic) bond motifs is 2. The molecule has 1 aromatic rings. The van der Waals surface area contributed by atoms with Crippen LogP contribution in [0.3, 0.4) is 0 Å². The van der Waals surface area contributed by atoms with Crippen LogP contribution in [-0.2, 0) is 6.54 Å². The Kier molecular flexibility index (Phi) is 8.47. The van der Waals surface area contributed by atoms with E-state index in [1.165, 1.54) is 32.1 Å². The average molecular weight is 488 g/mol. The molecular formula is C20H33IN4O2. The number of rotatable bonds is 5. The predicted molar refractivity (Wildman–Crippen MR) is 120 cm³/mol. The summed E-state index contributed by atoms with van der Waals surface area (Å²) in [6.45, 7) is 3.30. The number of nitrogens with one attached hydrogen (secondary N) is 2. The van der Waals surface area contributed by atoms with Gasteiger partial charge in [-0.25, -0.2) is 4.99 Å². The molecule has 3 rings (SSSR count). The van der Waals surface area contributed by atoms with Gasteiger partial charge in [-0.3, -0.25) is 0 Å². The zero-order valence-corrected chi connectivity index (χ0v) is 18.9. The van der Waals surface area contributed by atoms with Crippen LogP contribution in [0.25, 0.3) is 0 Å². The summed E-state index contributed by atoms with van der Waals surface area (Å²) in [5, 5.41) is 17.0. The van der Waals surface area contributed by atoms with Crippen molar-refractivity contribution in [3.8, 4) is 11.5 Å². The molecule has 0 spiro atoms. The highest BCUT2D eigenvalue weighted by Gasteiger charge is 2.36. The summed E-state index contributed by atoms with van der Waals surface area (Å²) in [4.78, 5) is 7.26. The summed E-state index contributed by atoms with van der Waals surface area (Å²) in [7, 11) is 3.90. The molecule has 2 heterocycles. The van der Waals surface area contributed by atoms with Crippen LogP contribution < -0.4 is 15.4 Å². The highest BCUT2D eigenvalue weighted by atomic mass is 127. The average Bonchev–Trinajstić information content (AvgIpc) is 2.62. The topological polar surface area (TPSA) is 69.1 Å². The summed E-state index contributed by atoms with van der Waals surface area (Å²) in [5.74, 6) is 1.80. The zero-order chi connectivity index (χ0) is 18.5. The van der Waals surface area contributed by atoms with E-state index in [1.807, 2.05) is 6.07 Å². The van der Waals surface area contributed by atoms with Crippen molar-refractivity contribution in [1.82, 2.24) is 15.5 Å². The molecule has 0 amide bonds. The van der Waals surface area contributed by atoms with Gasteiger partial charge >= 0.3 is 0 Å². The first-order valence-electron chi connectivity index (χ1n) is 9.73. The fourth-order valence-electron chi connectivity index (χ4n) is 4.23. The van der Waals surface area contributed by atoms with Crippen molar-refractivity contribution in [2.75, 3.05) is 20.7 Å². The van der Waals surface area contributed by atoms with Crippen molar-refractivity contribution in [1.29, 1.82) is 0 Å². The van der Waals surface area contributed by atoms with Gasteiger partial charge in [0.15, 0.2) is 5.96 Å². The Morgan fingerprint density at radius 1 is 1.30 bits per heavy atom. The maximum absolute atomic E-state index is 10.1. The molecular weight excluding hydrogens is 455 g/mol. The number of aromatic hydroxyl groups is 1. The van der Waals surface area contributed by atoms with Crippen molar-refractivity contribution >= 4 is 29.9 Å². The van der Waals surface area contributed by atoms with Crippen LogP contribution in [0.5, 0.6) is 11.5 Å². The lowest BCUT2D eigenvalue weighted by atomic mass is 9.82. The molecule has 0 radical (unpaired) electrons. The van der Waals surface area contributed by atoms with E-state index >= 15 is 0 Å². The molecule has 2 bridgehead atoms. The fourth-order valence-corrected chi connectivity index (χ4v) is 4.23. The first-order chi connectivity index (χ1) is 12.6. The van der Waals surface area contributed by atoms with Crippen molar-refractivity contribution in [2.45, 2.75) is 63.7 Å². The molecule has 2 aliphatic rings. The van der Waals surface area contributed by atoms with Gasteiger partial charge in [0.1, 0.15) is 11.5 Å². The molecule has 3 N–H and O–H groups in total. The number of benzene rings is 1. The summed E-state index contributed by atoms with van der Waals surface area (Å²) >= 11 is 0. The minimum atomic E-state index is 0. The molecule has 0 aliphatic carbocycles. The summed E-state index contributed by atoms with van der Waals surface area (Å²) in [5.41, 5.74) is 0.766. The normalized spacial score (nSPS) is 25.4. The van der Waals surface area contributed by atoms with Crippen molar-refractivity contribution < 1.29 is 9.84 Å². The van der Waals surface area contributed by atoms with E-state index in [9.17, 15) is 5.11 Å². The van der Waals surface area contributed by atoms with E-state index in [-0.39, 0.29) is 29.7 Å². The third-order valence-electron chi connectivity index (χ3n) is 5.72. The first kappa shape index (κ1) is 22.1. The number of hydrogen-bond donors (Lipinski definition) is 3. The summed E-state index contributed by atoms with van der Waals surface area (Å²) in [6.07, 6.45) is 6.30. The Balaban J connectivity index is 0.00000261. The van der Waals surface area contributed by atoms with Gasteiger partial charge in [0.05, 0.1) is 13.7 Å². The number of phenols is 1. The lowest BCUT2D eigenvalue weighted by Crippen LogP contribution is -2.56. The van der Waals surface area contributed by atoms with Gasteiger partial charge in [-0.2, -0.15) is 0 Å². The first-order valence-corrected chi connectivity index (χ1v) is 9.73. The van der Waals surface area contributed by atoms with E-state index in [0.29, 0.717) is 24.7 Å². The second-order valence-electron chi connectivity index (χ2n) is 7.41. The maximum Gasteiger partial charge on any atom is 0.191 e. The third-order valence-corrected chi connectivity index (χ3v) is 5.72. The SMILES string of the molecule is CCNC(=NCc1cc(OC)ccc1O)NC1CC2CCCC(C1)N2C.I. The highest BCUT2D eigenvalue weighted by molar-refractivity contribution is 14.0. The Hall–Kier alpha value is -1.22. The Bertz CT molecular complexity index is 626. The van der Waals surface area contributed by atoms with Gasteiger partial charge in [-0.1, -0.05) is 6.42 Å². The van der Waals surface area contributed by atoms with Crippen LogP contribution in [-0.4, -0.2) is 54.8 Å². The van der Waals surface area contributed by atoms with Crippen LogP contribution in [0.4, 0.5) is 0 Å². The minimum Gasteiger partial charge on any atom is -0.508 e. The molecule has 2 fully saturated rings. The van der Waals surface area contributed by atoms with E-state index in [0.717, 1.165) is 23.8 Å². The van der Waals surface area contributed by atoms with E-state index in [2.05, 4.69) is 29.5 Å². The molecule has 0 aromatic heterocycles. The number of ether oxygens (including phenoxy) is 1. The molecule has 2 unspecified atom stereocenters. The predicted octanol–water partition coefficient (Wildman–Crippen LogP) is 3.09. The largest absolute Gasteiger partial charge is 0.508 e. The Labute approximate surface area is 179 Å². The smallest absolute Gasteiger partial charge is 0.191 e. The number of phenolic OH excluding ortho intramolecular Hbond substituents is 1.